The summed E-state index contributed by atoms with van der Waals surface area (Å²) in [6.45, 7) is 5.64. The summed E-state index contributed by atoms with van der Waals surface area (Å²) >= 11 is 0. The first-order valence-corrected chi connectivity index (χ1v) is 11.2. The monoisotopic (exact) mass is 400 g/mol. The van der Waals surface area contributed by atoms with Crippen LogP contribution >= 0.6 is 0 Å². The molecule has 2 fully saturated rings. The van der Waals surface area contributed by atoms with Crippen LogP contribution in [0.1, 0.15) is 70.8 Å². The van der Waals surface area contributed by atoms with Gasteiger partial charge in [-0.3, -0.25) is 9.59 Å². The molecule has 2 amide bonds. The standard InChI is InChI=1S/C24H36N2O3/c1-18(2)17-22(27)26-15-11-20(12-16-26)25-23(28)24(13-5-4-6-14-24)19-7-9-21(29-3)10-8-19/h7-10,18,20H,4-6,11-17H2,1-3H3,(H,25,28). The number of piperidine rings is 1. The van der Waals surface area contributed by atoms with Gasteiger partial charge in [-0.2, -0.15) is 0 Å². The molecule has 1 heterocycles. The van der Waals surface area contributed by atoms with Crippen LogP contribution in [0.3, 0.4) is 0 Å². The molecule has 29 heavy (non-hydrogen) atoms. The lowest BCUT2D eigenvalue weighted by atomic mass is 9.68. The molecule has 1 aliphatic heterocycles. The van der Waals surface area contributed by atoms with Gasteiger partial charge in [-0.1, -0.05) is 45.2 Å². The van der Waals surface area contributed by atoms with E-state index in [-0.39, 0.29) is 17.9 Å². The third-order valence-electron chi connectivity index (χ3n) is 6.55. The van der Waals surface area contributed by atoms with Gasteiger partial charge in [0.2, 0.25) is 11.8 Å². The first kappa shape index (κ1) is 21.7. The van der Waals surface area contributed by atoms with E-state index >= 15 is 0 Å². The zero-order valence-electron chi connectivity index (χ0n) is 18.2. The molecule has 1 aliphatic carbocycles. The minimum absolute atomic E-state index is 0.155. The van der Waals surface area contributed by atoms with Gasteiger partial charge in [0.1, 0.15) is 5.75 Å². The maximum atomic E-state index is 13.5. The van der Waals surface area contributed by atoms with Crippen LogP contribution in [-0.2, 0) is 15.0 Å². The molecule has 0 unspecified atom stereocenters. The van der Waals surface area contributed by atoms with Crippen molar-refractivity contribution in [1.29, 1.82) is 0 Å². The van der Waals surface area contributed by atoms with Gasteiger partial charge in [0.05, 0.1) is 12.5 Å². The van der Waals surface area contributed by atoms with Gasteiger partial charge in [-0.05, 0) is 49.3 Å². The zero-order valence-corrected chi connectivity index (χ0v) is 18.2. The molecule has 2 aliphatic rings. The lowest BCUT2D eigenvalue weighted by molar-refractivity contribution is -0.133. The Balaban J connectivity index is 1.64. The molecule has 1 saturated heterocycles. The average molecular weight is 401 g/mol. The van der Waals surface area contributed by atoms with Crippen LogP contribution in [0.2, 0.25) is 0 Å². The number of likely N-dealkylation sites (tertiary alicyclic amines) is 1. The number of carbonyl (C=O) groups excluding carboxylic acids is 2. The number of hydrogen-bond acceptors (Lipinski definition) is 3. The predicted molar refractivity (Wildman–Crippen MR) is 115 cm³/mol. The van der Waals surface area contributed by atoms with Gasteiger partial charge in [0.25, 0.3) is 0 Å². The van der Waals surface area contributed by atoms with E-state index in [9.17, 15) is 9.59 Å². The quantitative estimate of drug-likeness (QED) is 0.784. The van der Waals surface area contributed by atoms with Crippen molar-refractivity contribution in [3.05, 3.63) is 29.8 Å². The molecule has 1 aromatic carbocycles. The van der Waals surface area contributed by atoms with E-state index < -0.39 is 5.41 Å². The molecule has 0 radical (unpaired) electrons. The van der Waals surface area contributed by atoms with Crippen molar-refractivity contribution in [3.8, 4) is 5.75 Å². The van der Waals surface area contributed by atoms with E-state index in [1.165, 1.54) is 6.42 Å². The van der Waals surface area contributed by atoms with Crippen LogP contribution in [0.25, 0.3) is 0 Å². The Kier molecular flexibility index (Phi) is 7.20. The summed E-state index contributed by atoms with van der Waals surface area (Å²) in [5.74, 6) is 1.61. The highest BCUT2D eigenvalue weighted by Crippen LogP contribution is 2.40. The molecule has 5 nitrogen and oxygen atoms in total. The smallest absolute Gasteiger partial charge is 0.230 e. The second-order valence-electron chi connectivity index (χ2n) is 9.10. The summed E-state index contributed by atoms with van der Waals surface area (Å²) in [6, 6.07) is 8.17. The minimum Gasteiger partial charge on any atom is -0.497 e. The number of methoxy groups -OCH3 is 1. The normalized spacial score (nSPS) is 19.8. The highest BCUT2D eigenvalue weighted by molar-refractivity contribution is 5.88. The van der Waals surface area contributed by atoms with Gasteiger partial charge < -0.3 is 15.0 Å². The van der Waals surface area contributed by atoms with Gasteiger partial charge in [0.15, 0.2) is 0 Å². The fourth-order valence-corrected chi connectivity index (χ4v) is 4.79. The van der Waals surface area contributed by atoms with E-state index in [0.29, 0.717) is 12.3 Å². The van der Waals surface area contributed by atoms with Crippen LogP contribution in [0.15, 0.2) is 24.3 Å². The van der Waals surface area contributed by atoms with Crippen molar-refractivity contribution in [2.45, 2.75) is 76.7 Å². The number of nitrogens with zero attached hydrogens (tertiary/aromatic N) is 1. The summed E-state index contributed by atoms with van der Waals surface area (Å²) in [7, 11) is 1.66. The molecular formula is C24H36N2O3. The number of ether oxygens (including phenoxy) is 1. The van der Waals surface area contributed by atoms with Crippen LogP contribution in [-0.4, -0.2) is 43.0 Å². The van der Waals surface area contributed by atoms with E-state index in [1.54, 1.807) is 7.11 Å². The number of carbonyl (C=O) groups is 2. The van der Waals surface area contributed by atoms with Crippen molar-refractivity contribution in [2.75, 3.05) is 20.2 Å². The molecule has 0 atom stereocenters. The molecule has 0 spiro atoms. The second-order valence-corrected chi connectivity index (χ2v) is 9.10. The van der Waals surface area contributed by atoms with Crippen molar-refractivity contribution in [1.82, 2.24) is 10.2 Å². The van der Waals surface area contributed by atoms with Gasteiger partial charge in [-0.25, -0.2) is 0 Å². The number of rotatable bonds is 6. The third-order valence-corrected chi connectivity index (χ3v) is 6.55. The van der Waals surface area contributed by atoms with E-state index in [2.05, 4.69) is 31.3 Å². The summed E-state index contributed by atoms with van der Waals surface area (Å²) in [4.78, 5) is 27.7. The second kappa shape index (κ2) is 9.64. The third kappa shape index (κ3) is 5.12. The average Bonchev–Trinajstić information content (AvgIpc) is 2.74. The maximum absolute atomic E-state index is 13.5. The van der Waals surface area contributed by atoms with Crippen LogP contribution in [0, 0.1) is 5.92 Å². The fourth-order valence-electron chi connectivity index (χ4n) is 4.79. The molecule has 0 aromatic heterocycles. The van der Waals surface area contributed by atoms with Crippen LogP contribution in [0.5, 0.6) is 5.75 Å². The summed E-state index contributed by atoms with van der Waals surface area (Å²) in [6.07, 6.45) is 7.46. The molecule has 1 saturated carbocycles. The van der Waals surface area contributed by atoms with E-state index in [4.69, 9.17) is 4.74 Å². The maximum Gasteiger partial charge on any atom is 0.230 e. The summed E-state index contributed by atoms with van der Waals surface area (Å²) in [5.41, 5.74) is 0.662. The number of hydrogen-bond donors (Lipinski definition) is 1. The Labute approximate surface area is 175 Å². The largest absolute Gasteiger partial charge is 0.497 e. The lowest BCUT2D eigenvalue weighted by Crippen LogP contribution is -2.52. The Morgan fingerprint density at radius 3 is 2.28 bits per heavy atom. The SMILES string of the molecule is COc1ccc(C2(C(=O)NC3CCN(C(=O)CC(C)C)CC3)CCCCC2)cc1. The molecule has 3 rings (SSSR count). The van der Waals surface area contributed by atoms with Crippen molar-refractivity contribution >= 4 is 11.8 Å². The van der Waals surface area contributed by atoms with E-state index in [0.717, 1.165) is 62.9 Å². The van der Waals surface area contributed by atoms with Crippen molar-refractivity contribution in [3.63, 3.8) is 0 Å². The number of nitrogens with one attached hydrogen (secondary N) is 1. The highest BCUT2D eigenvalue weighted by Gasteiger charge is 2.42. The summed E-state index contributed by atoms with van der Waals surface area (Å²) in [5, 5.41) is 3.35. The first-order valence-electron chi connectivity index (χ1n) is 11.2. The lowest BCUT2D eigenvalue weighted by Gasteiger charge is -2.39. The Morgan fingerprint density at radius 1 is 1.10 bits per heavy atom. The van der Waals surface area contributed by atoms with Crippen LogP contribution in [0.4, 0.5) is 0 Å². The Hall–Kier alpha value is -2.04. The molecule has 160 valence electrons. The van der Waals surface area contributed by atoms with Crippen LogP contribution < -0.4 is 10.1 Å². The number of amides is 2. The van der Waals surface area contributed by atoms with Gasteiger partial charge >= 0.3 is 0 Å². The van der Waals surface area contributed by atoms with Crippen molar-refractivity contribution in [2.24, 2.45) is 5.92 Å². The Morgan fingerprint density at radius 2 is 1.72 bits per heavy atom. The molecule has 0 bridgehead atoms. The Bertz CT molecular complexity index is 685. The highest BCUT2D eigenvalue weighted by atomic mass is 16.5. The van der Waals surface area contributed by atoms with Gasteiger partial charge in [-0.15, -0.1) is 0 Å². The number of benzene rings is 1. The van der Waals surface area contributed by atoms with Gasteiger partial charge in [0, 0.05) is 25.6 Å². The first-order chi connectivity index (χ1) is 13.9. The molecule has 1 aromatic rings. The minimum atomic E-state index is -0.435. The summed E-state index contributed by atoms with van der Waals surface area (Å²) < 4.78 is 5.29. The van der Waals surface area contributed by atoms with E-state index in [1.807, 2.05) is 17.0 Å². The molecule has 1 N–H and O–H groups in total. The molecular weight excluding hydrogens is 364 g/mol. The molecule has 5 heteroatoms. The zero-order chi connectivity index (χ0) is 20.9. The fraction of sp³-hybridized carbons (Fsp3) is 0.667. The topological polar surface area (TPSA) is 58.6 Å². The van der Waals surface area contributed by atoms with Crippen molar-refractivity contribution < 1.29 is 14.3 Å². The predicted octanol–water partition coefficient (Wildman–Crippen LogP) is 4.05.